The van der Waals surface area contributed by atoms with Crippen molar-refractivity contribution < 1.29 is 19.1 Å². The van der Waals surface area contributed by atoms with Crippen LogP contribution in [0.15, 0.2) is 29.3 Å². The molecule has 156 valence electrons. The van der Waals surface area contributed by atoms with Crippen molar-refractivity contribution in [1.82, 2.24) is 10.6 Å². The molecule has 0 radical (unpaired) electrons. The van der Waals surface area contributed by atoms with Crippen molar-refractivity contribution in [3.05, 3.63) is 24.3 Å². The number of benzene rings is 1. The molecule has 1 rings (SSSR count). The van der Waals surface area contributed by atoms with Crippen molar-refractivity contribution in [1.29, 1.82) is 0 Å². The quantitative estimate of drug-likeness (QED) is 0.357. The summed E-state index contributed by atoms with van der Waals surface area (Å²) in [6.07, 6.45) is 0.282. The molecule has 0 aliphatic carbocycles. The van der Waals surface area contributed by atoms with Crippen LogP contribution in [-0.4, -0.2) is 49.7 Å². The smallest absolute Gasteiger partial charge is 0.307 e. The number of amides is 1. The highest BCUT2D eigenvalue weighted by Crippen LogP contribution is 2.16. The van der Waals surface area contributed by atoms with Gasteiger partial charge >= 0.3 is 5.97 Å². The molecule has 8 heteroatoms. The average Bonchev–Trinajstić information content (AvgIpc) is 2.59. The number of hydrogen-bond donors (Lipinski definition) is 3. The summed E-state index contributed by atoms with van der Waals surface area (Å²) in [5.74, 6) is 0.641. The fourth-order valence-electron chi connectivity index (χ4n) is 2.16. The standard InChI is InChI=1S/C20H32N4O4/c1-14(2)28-16-9-7-15(8-10-16)23-19(21-12-11-18(26)27-6)22-13-17(25)24-20(3,4)5/h7-10,14H,11-13H2,1-6H3,(H,24,25)(H2,21,22,23). The monoisotopic (exact) mass is 392 g/mol. The third-order valence-corrected chi connectivity index (χ3v) is 3.23. The Bertz CT molecular complexity index is 664. The average molecular weight is 393 g/mol. The number of guanidine groups is 1. The summed E-state index contributed by atoms with van der Waals surface area (Å²) in [5.41, 5.74) is 0.446. The predicted octanol–water partition coefficient (Wildman–Crippen LogP) is 2.31. The lowest BCUT2D eigenvalue weighted by Crippen LogP contribution is -2.42. The van der Waals surface area contributed by atoms with Gasteiger partial charge < -0.3 is 25.4 Å². The zero-order chi connectivity index (χ0) is 21.2. The van der Waals surface area contributed by atoms with Crippen molar-refractivity contribution in [3.63, 3.8) is 0 Å². The summed E-state index contributed by atoms with van der Waals surface area (Å²) in [7, 11) is 1.34. The van der Waals surface area contributed by atoms with E-state index in [0.717, 1.165) is 11.4 Å². The van der Waals surface area contributed by atoms with Crippen molar-refractivity contribution >= 4 is 23.5 Å². The Balaban J connectivity index is 2.77. The van der Waals surface area contributed by atoms with Gasteiger partial charge in [0.05, 0.1) is 19.6 Å². The number of carbonyl (C=O) groups is 2. The Morgan fingerprint density at radius 1 is 1.14 bits per heavy atom. The second-order valence-electron chi connectivity index (χ2n) is 7.53. The first-order chi connectivity index (χ1) is 13.1. The summed E-state index contributed by atoms with van der Waals surface area (Å²) in [6.45, 7) is 9.93. The number of aliphatic imine (C=N–C) groups is 1. The van der Waals surface area contributed by atoms with Gasteiger partial charge in [-0.2, -0.15) is 0 Å². The van der Waals surface area contributed by atoms with Crippen LogP contribution in [0.25, 0.3) is 0 Å². The summed E-state index contributed by atoms with van der Waals surface area (Å²) >= 11 is 0. The van der Waals surface area contributed by atoms with Crippen LogP contribution in [0, 0.1) is 0 Å². The molecule has 0 spiro atoms. The van der Waals surface area contributed by atoms with Gasteiger partial charge in [-0.3, -0.25) is 9.59 Å². The first-order valence-corrected chi connectivity index (χ1v) is 9.29. The molecule has 0 saturated carbocycles. The van der Waals surface area contributed by atoms with E-state index in [9.17, 15) is 9.59 Å². The van der Waals surface area contributed by atoms with E-state index in [4.69, 9.17) is 4.74 Å². The highest BCUT2D eigenvalue weighted by atomic mass is 16.5. The topological polar surface area (TPSA) is 101 Å². The molecule has 0 aromatic heterocycles. The second-order valence-corrected chi connectivity index (χ2v) is 7.53. The van der Waals surface area contributed by atoms with Gasteiger partial charge in [0.2, 0.25) is 5.91 Å². The van der Waals surface area contributed by atoms with Gasteiger partial charge in [-0.05, 0) is 58.9 Å². The third-order valence-electron chi connectivity index (χ3n) is 3.23. The van der Waals surface area contributed by atoms with Crippen LogP contribution < -0.4 is 20.7 Å². The Hall–Kier alpha value is -2.77. The van der Waals surface area contributed by atoms with Crippen LogP contribution in [-0.2, 0) is 14.3 Å². The molecule has 28 heavy (non-hydrogen) atoms. The minimum atomic E-state index is -0.329. The van der Waals surface area contributed by atoms with E-state index in [1.54, 1.807) is 0 Å². The number of carbonyl (C=O) groups excluding carboxylic acids is 2. The number of nitrogens with one attached hydrogen (secondary N) is 3. The fraction of sp³-hybridized carbons (Fsp3) is 0.550. The lowest BCUT2D eigenvalue weighted by atomic mass is 10.1. The molecule has 0 bridgehead atoms. The van der Waals surface area contributed by atoms with Crippen LogP contribution >= 0.6 is 0 Å². The van der Waals surface area contributed by atoms with Crippen molar-refractivity contribution in [2.75, 3.05) is 25.5 Å². The number of esters is 1. The maximum atomic E-state index is 12.0. The maximum absolute atomic E-state index is 12.0. The molecule has 0 aliphatic rings. The Morgan fingerprint density at radius 2 is 1.79 bits per heavy atom. The highest BCUT2D eigenvalue weighted by molar-refractivity contribution is 5.95. The number of methoxy groups -OCH3 is 1. The van der Waals surface area contributed by atoms with E-state index >= 15 is 0 Å². The molecule has 0 aliphatic heterocycles. The number of nitrogens with zero attached hydrogens (tertiary/aromatic N) is 1. The number of ether oxygens (including phenoxy) is 2. The summed E-state index contributed by atoms with van der Waals surface area (Å²) < 4.78 is 10.3. The normalized spacial score (nSPS) is 11.8. The summed E-state index contributed by atoms with van der Waals surface area (Å²) in [5, 5.41) is 9.00. The van der Waals surface area contributed by atoms with Crippen LogP contribution in [0.3, 0.4) is 0 Å². The van der Waals surface area contributed by atoms with E-state index in [2.05, 4.69) is 25.7 Å². The van der Waals surface area contributed by atoms with Gasteiger partial charge in [0, 0.05) is 17.8 Å². The Labute approximate surface area is 167 Å². The summed E-state index contributed by atoms with van der Waals surface area (Å²) in [4.78, 5) is 27.6. The van der Waals surface area contributed by atoms with Crippen molar-refractivity contribution in [2.45, 2.75) is 52.7 Å². The van der Waals surface area contributed by atoms with Gasteiger partial charge in [-0.1, -0.05) is 0 Å². The van der Waals surface area contributed by atoms with Crippen LogP contribution in [0.4, 0.5) is 5.69 Å². The van der Waals surface area contributed by atoms with Gasteiger partial charge in [0.15, 0.2) is 5.96 Å². The van der Waals surface area contributed by atoms with Gasteiger partial charge in [-0.25, -0.2) is 4.99 Å². The van der Waals surface area contributed by atoms with E-state index in [1.165, 1.54) is 7.11 Å². The van der Waals surface area contributed by atoms with Gasteiger partial charge in [0.25, 0.3) is 0 Å². The summed E-state index contributed by atoms with van der Waals surface area (Å²) in [6, 6.07) is 7.40. The SMILES string of the molecule is COC(=O)CCNC(=NCC(=O)NC(C)(C)C)Nc1ccc(OC(C)C)cc1. The van der Waals surface area contributed by atoms with E-state index < -0.39 is 0 Å². The molecule has 0 atom stereocenters. The predicted molar refractivity (Wildman–Crippen MR) is 111 cm³/mol. The van der Waals surface area contributed by atoms with Crippen molar-refractivity contribution in [3.8, 4) is 5.75 Å². The van der Waals surface area contributed by atoms with Gasteiger partial charge in [0.1, 0.15) is 12.3 Å². The third kappa shape index (κ3) is 10.4. The zero-order valence-electron chi connectivity index (χ0n) is 17.6. The molecule has 1 aromatic rings. The molecule has 1 aromatic carbocycles. The second kappa shape index (κ2) is 11.2. The maximum Gasteiger partial charge on any atom is 0.307 e. The molecular weight excluding hydrogens is 360 g/mol. The van der Waals surface area contributed by atoms with Crippen molar-refractivity contribution in [2.24, 2.45) is 4.99 Å². The molecule has 0 fully saturated rings. The molecule has 0 heterocycles. The number of hydrogen-bond acceptors (Lipinski definition) is 5. The highest BCUT2D eigenvalue weighted by Gasteiger charge is 2.13. The largest absolute Gasteiger partial charge is 0.491 e. The van der Waals surface area contributed by atoms with E-state index in [-0.39, 0.29) is 36.5 Å². The number of rotatable bonds is 8. The number of anilines is 1. The van der Waals surface area contributed by atoms with E-state index in [0.29, 0.717) is 12.5 Å². The Morgan fingerprint density at radius 3 is 2.32 bits per heavy atom. The molecule has 8 nitrogen and oxygen atoms in total. The Kier molecular flexibility index (Phi) is 9.27. The molecule has 0 unspecified atom stereocenters. The van der Waals surface area contributed by atoms with Crippen LogP contribution in [0.5, 0.6) is 5.75 Å². The van der Waals surface area contributed by atoms with Crippen LogP contribution in [0.1, 0.15) is 41.0 Å². The lowest BCUT2D eigenvalue weighted by molar-refractivity contribution is -0.140. The minimum absolute atomic E-state index is 0.0423. The fourth-order valence-corrected chi connectivity index (χ4v) is 2.16. The first-order valence-electron chi connectivity index (χ1n) is 9.29. The molecular formula is C20H32N4O4. The molecule has 1 amide bonds. The molecule has 0 saturated heterocycles. The van der Waals surface area contributed by atoms with Crippen LogP contribution in [0.2, 0.25) is 0 Å². The molecule has 3 N–H and O–H groups in total. The lowest BCUT2D eigenvalue weighted by Gasteiger charge is -2.20. The zero-order valence-corrected chi connectivity index (χ0v) is 17.6. The van der Waals surface area contributed by atoms with E-state index in [1.807, 2.05) is 58.9 Å². The minimum Gasteiger partial charge on any atom is -0.491 e. The van der Waals surface area contributed by atoms with Gasteiger partial charge in [-0.15, -0.1) is 0 Å². The first kappa shape index (κ1) is 23.3.